The SMILES string of the molecule is CC1CC(C)(C)CCC1(NCC1CCCO1)C(N)=O. The highest BCUT2D eigenvalue weighted by Gasteiger charge is 2.47. The van der Waals surface area contributed by atoms with Crippen molar-refractivity contribution in [1.82, 2.24) is 5.32 Å². The molecule has 1 aliphatic heterocycles. The molecule has 1 amide bonds. The second-order valence-corrected chi connectivity index (χ2v) is 7.12. The smallest absolute Gasteiger partial charge is 0.238 e. The molecule has 110 valence electrons. The Hall–Kier alpha value is -0.610. The molecular formula is C15H28N2O2. The van der Waals surface area contributed by atoms with Crippen LogP contribution in [0.5, 0.6) is 0 Å². The van der Waals surface area contributed by atoms with Gasteiger partial charge in [-0.05, 0) is 43.4 Å². The summed E-state index contributed by atoms with van der Waals surface area (Å²) in [6.45, 7) is 8.28. The Balaban J connectivity index is 2.03. The molecule has 2 aliphatic rings. The Kier molecular flexibility index (Phi) is 4.21. The number of hydrogen-bond donors (Lipinski definition) is 2. The number of nitrogens with one attached hydrogen (secondary N) is 1. The summed E-state index contributed by atoms with van der Waals surface area (Å²) in [6.07, 6.45) is 5.37. The third-order valence-electron chi connectivity index (χ3n) is 5.01. The van der Waals surface area contributed by atoms with Crippen LogP contribution in [0.4, 0.5) is 0 Å². The number of rotatable bonds is 4. The number of hydrogen-bond acceptors (Lipinski definition) is 3. The molecule has 2 fully saturated rings. The van der Waals surface area contributed by atoms with Crippen molar-refractivity contribution >= 4 is 5.91 Å². The van der Waals surface area contributed by atoms with Crippen molar-refractivity contribution in [2.45, 2.75) is 64.5 Å². The summed E-state index contributed by atoms with van der Waals surface area (Å²) in [4.78, 5) is 12.0. The zero-order chi connectivity index (χ0) is 14.1. The van der Waals surface area contributed by atoms with Crippen LogP contribution < -0.4 is 11.1 Å². The van der Waals surface area contributed by atoms with Gasteiger partial charge in [-0.15, -0.1) is 0 Å². The molecule has 3 unspecified atom stereocenters. The molecule has 1 aliphatic carbocycles. The lowest BCUT2D eigenvalue weighted by atomic mass is 9.63. The van der Waals surface area contributed by atoms with E-state index < -0.39 is 5.54 Å². The molecular weight excluding hydrogens is 240 g/mol. The molecule has 4 nitrogen and oxygen atoms in total. The van der Waals surface area contributed by atoms with Gasteiger partial charge >= 0.3 is 0 Å². The fraction of sp³-hybridized carbons (Fsp3) is 0.933. The molecule has 0 aromatic heterocycles. The average Bonchev–Trinajstić information content (AvgIpc) is 2.80. The fourth-order valence-corrected chi connectivity index (χ4v) is 3.70. The predicted octanol–water partition coefficient (Wildman–Crippen LogP) is 1.83. The van der Waals surface area contributed by atoms with E-state index in [1.807, 2.05) is 0 Å². The van der Waals surface area contributed by atoms with Gasteiger partial charge in [0.2, 0.25) is 5.91 Å². The van der Waals surface area contributed by atoms with E-state index in [2.05, 4.69) is 26.1 Å². The maximum atomic E-state index is 12.0. The molecule has 0 spiro atoms. The van der Waals surface area contributed by atoms with Gasteiger partial charge in [0.25, 0.3) is 0 Å². The number of primary amides is 1. The molecule has 0 bridgehead atoms. The van der Waals surface area contributed by atoms with E-state index in [9.17, 15) is 4.79 Å². The van der Waals surface area contributed by atoms with Crippen LogP contribution in [0.15, 0.2) is 0 Å². The third kappa shape index (κ3) is 3.11. The van der Waals surface area contributed by atoms with Crippen molar-refractivity contribution in [2.75, 3.05) is 13.2 Å². The summed E-state index contributed by atoms with van der Waals surface area (Å²) >= 11 is 0. The van der Waals surface area contributed by atoms with Crippen LogP contribution in [0.2, 0.25) is 0 Å². The first-order chi connectivity index (χ1) is 8.86. The zero-order valence-electron chi connectivity index (χ0n) is 12.5. The van der Waals surface area contributed by atoms with Crippen molar-refractivity contribution in [3.05, 3.63) is 0 Å². The van der Waals surface area contributed by atoms with Crippen molar-refractivity contribution in [1.29, 1.82) is 0 Å². The summed E-state index contributed by atoms with van der Waals surface area (Å²) in [6, 6.07) is 0. The Labute approximate surface area is 116 Å². The summed E-state index contributed by atoms with van der Waals surface area (Å²) in [7, 11) is 0. The number of amides is 1. The molecule has 19 heavy (non-hydrogen) atoms. The predicted molar refractivity (Wildman–Crippen MR) is 75.7 cm³/mol. The van der Waals surface area contributed by atoms with Crippen molar-refractivity contribution in [2.24, 2.45) is 17.1 Å². The van der Waals surface area contributed by atoms with Gasteiger partial charge in [0, 0.05) is 13.2 Å². The van der Waals surface area contributed by atoms with E-state index >= 15 is 0 Å². The van der Waals surface area contributed by atoms with Gasteiger partial charge < -0.3 is 15.8 Å². The first-order valence-corrected chi connectivity index (χ1v) is 7.52. The van der Waals surface area contributed by atoms with Crippen molar-refractivity contribution in [3.63, 3.8) is 0 Å². The number of carbonyl (C=O) groups excluding carboxylic acids is 1. The van der Waals surface area contributed by atoms with E-state index in [-0.39, 0.29) is 17.9 Å². The molecule has 0 radical (unpaired) electrons. The van der Waals surface area contributed by atoms with Gasteiger partial charge in [-0.1, -0.05) is 20.8 Å². The van der Waals surface area contributed by atoms with Crippen LogP contribution in [0.25, 0.3) is 0 Å². The van der Waals surface area contributed by atoms with Gasteiger partial charge in [0.15, 0.2) is 0 Å². The standard InChI is InChI=1S/C15H28N2O2/c1-11-9-14(2,3)6-7-15(11,13(16)18)17-10-12-5-4-8-19-12/h11-12,17H,4-10H2,1-3H3,(H2,16,18). The zero-order valence-corrected chi connectivity index (χ0v) is 12.5. The monoisotopic (exact) mass is 268 g/mol. The summed E-state index contributed by atoms with van der Waals surface area (Å²) < 4.78 is 5.63. The molecule has 1 heterocycles. The summed E-state index contributed by atoms with van der Waals surface area (Å²) in [5, 5.41) is 3.46. The minimum atomic E-state index is -0.540. The molecule has 4 heteroatoms. The molecule has 1 saturated heterocycles. The highest BCUT2D eigenvalue weighted by atomic mass is 16.5. The highest BCUT2D eigenvalue weighted by Crippen LogP contribution is 2.43. The van der Waals surface area contributed by atoms with Gasteiger partial charge in [-0.3, -0.25) is 4.79 Å². The second-order valence-electron chi connectivity index (χ2n) is 7.12. The summed E-state index contributed by atoms with van der Waals surface area (Å²) in [5.74, 6) is 0.0728. The first kappa shape index (κ1) is 14.8. The van der Waals surface area contributed by atoms with Crippen LogP contribution in [-0.2, 0) is 9.53 Å². The van der Waals surface area contributed by atoms with Gasteiger partial charge in [-0.2, -0.15) is 0 Å². The Morgan fingerprint density at radius 1 is 1.42 bits per heavy atom. The number of carbonyl (C=O) groups is 1. The fourth-order valence-electron chi connectivity index (χ4n) is 3.70. The topological polar surface area (TPSA) is 64.3 Å². The Morgan fingerprint density at radius 3 is 2.68 bits per heavy atom. The highest BCUT2D eigenvalue weighted by molar-refractivity contribution is 5.85. The molecule has 3 atom stereocenters. The van der Waals surface area contributed by atoms with Crippen LogP contribution >= 0.6 is 0 Å². The van der Waals surface area contributed by atoms with Crippen LogP contribution in [-0.4, -0.2) is 30.7 Å². The maximum absolute atomic E-state index is 12.0. The Morgan fingerprint density at radius 2 is 2.16 bits per heavy atom. The number of nitrogens with two attached hydrogens (primary N) is 1. The van der Waals surface area contributed by atoms with Crippen LogP contribution in [0, 0.1) is 11.3 Å². The van der Waals surface area contributed by atoms with Crippen LogP contribution in [0.3, 0.4) is 0 Å². The van der Waals surface area contributed by atoms with Crippen molar-refractivity contribution < 1.29 is 9.53 Å². The lowest BCUT2D eigenvalue weighted by molar-refractivity contribution is -0.129. The number of ether oxygens (including phenoxy) is 1. The van der Waals surface area contributed by atoms with E-state index in [1.54, 1.807) is 0 Å². The maximum Gasteiger partial charge on any atom is 0.238 e. The van der Waals surface area contributed by atoms with E-state index in [0.29, 0.717) is 5.41 Å². The normalized spacial score (nSPS) is 38.3. The average molecular weight is 268 g/mol. The lowest BCUT2D eigenvalue weighted by Crippen LogP contribution is -2.63. The van der Waals surface area contributed by atoms with E-state index in [4.69, 9.17) is 10.5 Å². The quantitative estimate of drug-likeness (QED) is 0.817. The van der Waals surface area contributed by atoms with Crippen LogP contribution in [0.1, 0.15) is 52.9 Å². The molecule has 3 N–H and O–H groups in total. The third-order valence-corrected chi connectivity index (χ3v) is 5.01. The van der Waals surface area contributed by atoms with Crippen molar-refractivity contribution in [3.8, 4) is 0 Å². The lowest BCUT2D eigenvalue weighted by Gasteiger charge is -2.47. The Bertz CT molecular complexity index is 337. The second kappa shape index (κ2) is 5.41. The minimum absolute atomic E-state index is 0.200. The van der Waals surface area contributed by atoms with Gasteiger partial charge in [0.05, 0.1) is 6.10 Å². The molecule has 0 aromatic rings. The van der Waals surface area contributed by atoms with Gasteiger partial charge in [-0.25, -0.2) is 0 Å². The molecule has 2 rings (SSSR count). The van der Waals surface area contributed by atoms with E-state index in [0.717, 1.165) is 45.3 Å². The molecule has 1 saturated carbocycles. The van der Waals surface area contributed by atoms with Gasteiger partial charge in [0.1, 0.15) is 5.54 Å². The van der Waals surface area contributed by atoms with E-state index in [1.165, 1.54) is 0 Å². The molecule has 0 aromatic carbocycles. The summed E-state index contributed by atoms with van der Waals surface area (Å²) in [5.41, 5.74) is 5.49. The first-order valence-electron chi connectivity index (χ1n) is 7.52. The minimum Gasteiger partial charge on any atom is -0.377 e. The largest absolute Gasteiger partial charge is 0.377 e.